The van der Waals surface area contributed by atoms with Crippen molar-refractivity contribution in [3.8, 4) is 10.4 Å². The average Bonchev–Trinajstić information content (AvgIpc) is 3.01. The first-order valence-electron chi connectivity index (χ1n) is 7.30. The molecule has 0 bridgehead atoms. The van der Waals surface area contributed by atoms with Crippen molar-refractivity contribution >= 4 is 43.6 Å². The summed E-state index contributed by atoms with van der Waals surface area (Å²) in [5.74, 6) is 0.449. The number of hydrogen-bond donors (Lipinski definition) is 1. The molecule has 0 atom stereocenters. The quantitative estimate of drug-likeness (QED) is 0.458. The summed E-state index contributed by atoms with van der Waals surface area (Å²) >= 11 is 6.93. The molecule has 0 spiro atoms. The zero-order valence-corrected chi connectivity index (χ0v) is 15.8. The second kappa shape index (κ2) is 6.59. The van der Waals surface area contributed by atoms with Gasteiger partial charge in [0.25, 0.3) is 0 Å². The molecule has 132 valence electrons. The number of fused-ring (bicyclic) bond motifs is 1. The van der Waals surface area contributed by atoms with Crippen molar-refractivity contribution in [2.75, 3.05) is 6.67 Å². The minimum absolute atomic E-state index is 0.212. The predicted molar refractivity (Wildman–Crippen MR) is 90.1 cm³/mol. The molecule has 0 radical (unpaired) electrons. The third-order valence-corrected chi connectivity index (χ3v) is 7.12. The number of alkyl halides is 3. The summed E-state index contributed by atoms with van der Waals surface area (Å²) in [5, 5.41) is 7.87. The van der Waals surface area contributed by atoms with E-state index in [1.807, 2.05) is 0 Å². The molecule has 3 aromatic heterocycles. The Morgan fingerprint density at radius 2 is 2.20 bits per heavy atom. The van der Waals surface area contributed by atoms with Crippen LogP contribution in [0.1, 0.15) is 23.8 Å². The molecule has 0 unspecified atom stereocenters. The molecule has 1 fully saturated rings. The van der Waals surface area contributed by atoms with E-state index in [0.29, 0.717) is 20.9 Å². The first-order chi connectivity index (χ1) is 12.0. The summed E-state index contributed by atoms with van der Waals surface area (Å²) < 4.78 is 43.6. The first-order valence-corrected chi connectivity index (χ1v) is 10.2. The van der Waals surface area contributed by atoms with Crippen molar-refractivity contribution in [2.24, 2.45) is 0 Å². The number of hydrogen-bond acceptors (Lipinski definition) is 5. The molecule has 0 amide bonds. The molecule has 1 saturated carbocycles. The Kier molecular flexibility index (Phi) is 4.57. The molecule has 25 heavy (non-hydrogen) atoms. The van der Waals surface area contributed by atoms with E-state index >= 15 is 0 Å². The van der Waals surface area contributed by atoms with Gasteiger partial charge in [-0.2, -0.15) is 0 Å². The van der Waals surface area contributed by atoms with Crippen LogP contribution < -0.4 is 4.72 Å². The van der Waals surface area contributed by atoms with Gasteiger partial charge in [-0.15, -0.1) is 0 Å². The van der Waals surface area contributed by atoms with Crippen molar-refractivity contribution in [2.45, 2.75) is 29.7 Å². The normalized spacial score (nSPS) is 16.0. The maximum atomic E-state index is 13.0. The molecule has 11 heteroatoms. The zero-order valence-electron chi connectivity index (χ0n) is 12.5. The van der Waals surface area contributed by atoms with Crippen LogP contribution in [-0.2, 0) is 0 Å². The van der Waals surface area contributed by atoms with Crippen LogP contribution in [0, 0.1) is 0 Å². The SMILES string of the molecule is FCC1(NSc2cc(Cl)c3cnc(-c4nnc(C(F)F)[se]4)n3c2)CC1. The van der Waals surface area contributed by atoms with Gasteiger partial charge in [-0.1, -0.05) is 0 Å². The van der Waals surface area contributed by atoms with Crippen LogP contribution in [-0.4, -0.2) is 46.3 Å². The van der Waals surface area contributed by atoms with E-state index in [1.54, 1.807) is 22.9 Å². The van der Waals surface area contributed by atoms with Gasteiger partial charge in [-0.05, 0) is 0 Å². The van der Waals surface area contributed by atoms with E-state index in [-0.39, 0.29) is 4.57 Å². The third kappa shape index (κ3) is 3.33. The fraction of sp³-hybridized carbons (Fsp3) is 0.357. The number of aromatic nitrogens is 4. The van der Waals surface area contributed by atoms with Crippen LogP contribution in [0.15, 0.2) is 23.4 Å². The molecule has 1 aliphatic carbocycles. The van der Waals surface area contributed by atoms with E-state index in [0.717, 1.165) is 17.7 Å². The van der Waals surface area contributed by atoms with E-state index < -0.39 is 33.1 Å². The minimum atomic E-state index is -2.61. The summed E-state index contributed by atoms with van der Waals surface area (Å²) in [4.78, 5) is 5.04. The molecule has 0 aliphatic heterocycles. The fourth-order valence-corrected chi connectivity index (χ4v) is 4.94. The van der Waals surface area contributed by atoms with Crippen LogP contribution in [0.3, 0.4) is 0 Å². The fourth-order valence-electron chi connectivity index (χ4n) is 2.24. The number of nitrogens with one attached hydrogen (secondary N) is 1. The summed E-state index contributed by atoms with van der Waals surface area (Å²) in [6.07, 6.45) is 2.35. The Balaban J connectivity index is 1.68. The Morgan fingerprint density at radius 1 is 1.40 bits per heavy atom. The van der Waals surface area contributed by atoms with Crippen molar-refractivity contribution in [3.63, 3.8) is 0 Å². The van der Waals surface area contributed by atoms with Gasteiger partial charge >= 0.3 is 156 Å². The number of rotatable bonds is 6. The summed E-state index contributed by atoms with van der Waals surface area (Å²) in [6.45, 7) is -0.417. The van der Waals surface area contributed by atoms with Crippen LogP contribution in [0.4, 0.5) is 13.2 Å². The molecule has 1 N–H and O–H groups in total. The number of nitrogens with zero attached hydrogens (tertiary/aromatic N) is 4. The third-order valence-electron chi connectivity index (χ3n) is 3.88. The number of pyridine rings is 1. The Hall–Kier alpha value is -1.06. The first kappa shape index (κ1) is 17.4. The summed E-state index contributed by atoms with van der Waals surface area (Å²) in [5.41, 5.74) is 0.208. The van der Waals surface area contributed by atoms with Crippen molar-refractivity contribution in [3.05, 3.63) is 28.1 Å². The van der Waals surface area contributed by atoms with Crippen LogP contribution >= 0.6 is 23.5 Å². The van der Waals surface area contributed by atoms with Gasteiger partial charge in [0.05, 0.1) is 0 Å². The molecule has 3 aromatic rings. The van der Waals surface area contributed by atoms with Gasteiger partial charge in [-0.3, -0.25) is 0 Å². The van der Waals surface area contributed by atoms with Gasteiger partial charge in [0, 0.05) is 0 Å². The van der Waals surface area contributed by atoms with Gasteiger partial charge in [0.1, 0.15) is 0 Å². The van der Waals surface area contributed by atoms with Gasteiger partial charge in [0.15, 0.2) is 0 Å². The standard InChI is InChI=1S/C14H11ClF3N5SSe/c15-8-3-7(24-22-14(6-16)1-2-14)5-23-9(8)4-19-11(23)13-21-20-12(25-13)10(17)18/h3-5,10,22H,1-2,6H2. The Morgan fingerprint density at radius 3 is 2.84 bits per heavy atom. The van der Waals surface area contributed by atoms with Crippen molar-refractivity contribution in [1.82, 2.24) is 24.3 Å². The van der Waals surface area contributed by atoms with E-state index in [4.69, 9.17) is 11.6 Å². The van der Waals surface area contributed by atoms with Gasteiger partial charge in [0.2, 0.25) is 0 Å². The van der Waals surface area contributed by atoms with Crippen LogP contribution in [0.25, 0.3) is 15.9 Å². The summed E-state index contributed by atoms with van der Waals surface area (Å²) in [6, 6.07) is 1.76. The van der Waals surface area contributed by atoms with Gasteiger partial charge < -0.3 is 0 Å². The second-order valence-electron chi connectivity index (χ2n) is 5.73. The van der Waals surface area contributed by atoms with Crippen LogP contribution in [0.5, 0.6) is 0 Å². The van der Waals surface area contributed by atoms with Crippen molar-refractivity contribution < 1.29 is 13.2 Å². The molecule has 1 aliphatic rings. The average molecular weight is 453 g/mol. The number of halogens is 4. The maximum absolute atomic E-state index is 13.0. The predicted octanol–water partition coefficient (Wildman–Crippen LogP) is 3.54. The molecular weight excluding hydrogens is 442 g/mol. The van der Waals surface area contributed by atoms with Crippen molar-refractivity contribution in [1.29, 1.82) is 0 Å². The number of imidazole rings is 1. The molecule has 3 heterocycles. The molecule has 5 nitrogen and oxygen atoms in total. The molecule has 4 rings (SSSR count). The monoisotopic (exact) mass is 453 g/mol. The molecule has 0 saturated heterocycles. The second-order valence-corrected chi connectivity index (χ2v) is 9.13. The van der Waals surface area contributed by atoms with E-state index in [1.165, 1.54) is 11.9 Å². The summed E-state index contributed by atoms with van der Waals surface area (Å²) in [7, 11) is 0. The van der Waals surface area contributed by atoms with E-state index in [9.17, 15) is 13.2 Å². The Labute approximate surface area is 155 Å². The van der Waals surface area contributed by atoms with Gasteiger partial charge in [-0.25, -0.2) is 0 Å². The molecule has 0 aromatic carbocycles. The zero-order chi connectivity index (χ0) is 17.6. The Bertz CT molecular complexity index is 926. The van der Waals surface area contributed by atoms with Crippen LogP contribution in [0.2, 0.25) is 5.02 Å². The van der Waals surface area contributed by atoms with E-state index in [2.05, 4.69) is 19.9 Å². The molecular formula is C14H11ClF3N5SSe. The topological polar surface area (TPSA) is 55.1 Å².